The second-order valence-electron chi connectivity index (χ2n) is 5.49. The molecule has 0 aliphatic rings. The average molecular weight is 355 g/mol. The third-order valence-corrected chi connectivity index (χ3v) is 3.93. The molecule has 0 saturated carbocycles. The zero-order valence-corrected chi connectivity index (χ0v) is 14.7. The van der Waals surface area contributed by atoms with Crippen LogP contribution in [0.2, 0.25) is 5.02 Å². The second-order valence-corrected chi connectivity index (χ2v) is 5.92. The van der Waals surface area contributed by atoms with Crippen LogP contribution in [0.25, 0.3) is 0 Å². The molecular formula is C20H19ClN2O2. The van der Waals surface area contributed by atoms with Crippen LogP contribution in [0.5, 0.6) is 11.5 Å². The smallest absolute Gasteiger partial charge is 0.124 e. The molecule has 3 aromatic rings. The highest BCUT2D eigenvalue weighted by Gasteiger charge is 2.06. The zero-order valence-electron chi connectivity index (χ0n) is 13.9. The number of hydrogen-bond acceptors (Lipinski definition) is 4. The molecule has 25 heavy (non-hydrogen) atoms. The third kappa shape index (κ3) is 4.88. The summed E-state index contributed by atoms with van der Waals surface area (Å²) in [6.45, 7) is 1.05. The number of nitrogens with zero attached hydrogens (tertiary/aromatic N) is 1. The molecule has 5 heteroatoms. The normalized spacial score (nSPS) is 10.3. The Hall–Kier alpha value is -2.72. The molecule has 0 fully saturated rings. The Labute approximate surface area is 152 Å². The number of rotatable bonds is 7. The summed E-state index contributed by atoms with van der Waals surface area (Å²) in [7, 11) is 1.65. The van der Waals surface area contributed by atoms with Gasteiger partial charge in [-0.15, -0.1) is 0 Å². The van der Waals surface area contributed by atoms with Gasteiger partial charge in [-0.3, -0.25) is 4.98 Å². The molecule has 0 aliphatic carbocycles. The van der Waals surface area contributed by atoms with E-state index in [1.54, 1.807) is 19.5 Å². The number of benzene rings is 2. The van der Waals surface area contributed by atoms with E-state index in [1.165, 1.54) is 0 Å². The van der Waals surface area contributed by atoms with Crippen molar-refractivity contribution in [3.63, 3.8) is 0 Å². The van der Waals surface area contributed by atoms with E-state index in [0.717, 1.165) is 28.3 Å². The first-order valence-corrected chi connectivity index (χ1v) is 8.30. The first-order chi connectivity index (χ1) is 12.2. The minimum absolute atomic E-state index is 0.460. The van der Waals surface area contributed by atoms with E-state index in [0.29, 0.717) is 18.2 Å². The molecule has 128 valence electrons. The highest BCUT2D eigenvalue weighted by Crippen LogP contribution is 2.25. The monoisotopic (exact) mass is 354 g/mol. The maximum atomic E-state index is 6.15. The third-order valence-electron chi connectivity index (χ3n) is 3.69. The number of methoxy groups -OCH3 is 1. The number of nitrogens with one attached hydrogen (secondary N) is 1. The van der Waals surface area contributed by atoms with Crippen LogP contribution < -0.4 is 14.8 Å². The van der Waals surface area contributed by atoms with Crippen molar-refractivity contribution in [1.29, 1.82) is 0 Å². The van der Waals surface area contributed by atoms with Crippen molar-refractivity contribution in [2.24, 2.45) is 0 Å². The second kappa shape index (κ2) is 8.40. The highest BCUT2D eigenvalue weighted by atomic mass is 35.5. The van der Waals surface area contributed by atoms with E-state index in [-0.39, 0.29) is 0 Å². The fourth-order valence-electron chi connectivity index (χ4n) is 2.40. The number of anilines is 1. The summed E-state index contributed by atoms with van der Waals surface area (Å²) in [5, 5.41) is 4.05. The summed E-state index contributed by atoms with van der Waals surface area (Å²) >= 11 is 6.15. The first kappa shape index (κ1) is 17.1. The molecule has 2 aromatic carbocycles. The molecule has 0 amide bonds. The van der Waals surface area contributed by atoms with Crippen LogP contribution in [0.15, 0.2) is 67.0 Å². The van der Waals surface area contributed by atoms with Gasteiger partial charge in [0.1, 0.15) is 18.1 Å². The SMILES string of the molecule is COc1cccc(NCc2cc(Cl)ccc2OCc2cccnc2)c1. The molecule has 0 radical (unpaired) electrons. The average Bonchev–Trinajstić information content (AvgIpc) is 2.66. The van der Waals surface area contributed by atoms with Gasteiger partial charge < -0.3 is 14.8 Å². The molecular weight excluding hydrogens is 336 g/mol. The van der Waals surface area contributed by atoms with Crippen LogP contribution in [-0.2, 0) is 13.2 Å². The van der Waals surface area contributed by atoms with E-state index in [4.69, 9.17) is 21.1 Å². The van der Waals surface area contributed by atoms with Gasteiger partial charge in [0, 0.05) is 46.8 Å². The lowest BCUT2D eigenvalue weighted by molar-refractivity contribution is 0.303. The van der Waals surface area contributed by atoms with Gasteiger partial charge in [0.05, 0.1) is 7.11 Å². The summed E-state index contributed by atoms with van der Waals surface area (Å²) in [5.41, 5.74) is 2.97. The zero-order chi connectivity index (χ0) is 17.5. The Morgan fingerprint density at radius 1 is 1.08 bits per heavy atom. The van der Waals surface area contributed by atoms with E-state index in [9.17, 15) is 0 Å². The van der Waals surface area contributed by atoms with Crippen LogP contribution in [0.3, 0.4) is 0 Å². The van der Waals surface area contributed by atoms with E-state index < -0.39 is 0 Å². The Morgan fingerprint density at radius 2 is 2.00 bits per heavy atom. The fraction of sp³-hybridized carbons (Fsp3) is 0.150. The van der Waals surface area contributed by atoms with E-state index in [1.807, 2.05) is 54.6 Å². The topological polar surface area (TPSA) is 43.4 Å². The van der Waals surface area contributed by atoms with E-state index >= 15 is 0 Å². The van der Waals surface area contributed by atoms with Crippen molar-refractivity contribution in [3.8, 4) is 11.5 Å². The standard InChI is InChI=1S/C20H19ClN2O2/c1-24-19-6-2-5-18(11-19)23-13-16-10-17(21)7-8-20(16)25-14-15-4-3-9-22-12-15/h2-12,23H,13-14H2,1H3. The summed E-state index contributed by atoms with van der Waals surface area (Å²) in [6.07, 6.45) is 3.54. The lowest BCUT2D eigenvalue weighted by Gasteiger charge is -2.14. The van der Waals surface area contributed by atoms with Crippen molar-refractivity contribution in [1.82, 2.24) is 4.98 Å². The molecule has 4 nitrogen and oxygen atoms in total. The molecule has 1 aromatic heterocycles. The van der Waals surface area contributed by atoms with Gasteiger partial charge in [-0.2, -0.15) is 0 Å². The maximum absolute atomic E-state index is 6.15. The molecule has 0 bridgehead atoms. The minimum atomic E-state index is 0.460. The van der Waals surface area contributed by atoms with Crippen LogP contribution in [0, 0.1) is 0 Å². The Balaban J connectivity index is 1.70. The van der Waals surface area contributed by atoms with Gasteiger partial charge in [0.15, 0.2) is 0 Å². The number of halogens is 1. The van der Waals surface area contributed by atoms with Gasteiger partial charge in [0.25, 0.3) is 0 Å². The summed E-state index contributed by atoms with van der Waals surface area (Å²) < 4.78 is 11.2. The molecule has 0 spiro atoms. The van der Waals surface area contributed by atoms with Crippen molar-refractivity contribution >= 4 is 17.3 Å². The predicted octanol–water partition coefficient (Wildman–Crippen LogP) is 4.93. The van der Waals surface area contributed by atoms with Crippen molar-refractivity contribution in [2.45, 2.75) is 13.2 Å². The van der Waals surface area contributed by atoms with Crippen LogP contribution in [-0.4, -0.2) is 12.1 Å². The molecule has 0 unspecified atom stereocenters. The number of aromatic nitrogens is 1. The Morgan fingerprint density at radius 3 is 2.80 bits per heavy atom. The number of ether oxygens (including phenoxy) is 2. The minimum Gasteiger partial charge on any atom is -0.497 e. The predicted molar refractivity (Wildman–Crippen MR) is 100 cm³/mol. The maximum Gasteiger partial charge on any atom is 0.124 e. The fourth-order valence-corrected chi connectivity index (χ4v) is 2.60. The van der Waals surface area contributed by atoms with Gasteiger partial charge in [-0.1, -0.05) is 23.7 Å². The molecule has 1 N–H and O–H groups in total. The molecule has 0 aliphatic heterocycles. The molecule has 0 atom stereocenters. The largest absolute Gasteiger partial charge is 0.497 e. The van der Waals surface area contributed by atoms with Gasteiger partial charge in [0.2, 0.25) is 0 Å². The quantitative estimate of drug-likeness (QED) is 0.653. The number of pyridine rings is 1. The summed E-state index contributed by atoms with van der Waals surface area (Å²) in [5.74, 6) is 1.60. The molecule has 1 heterocycles. The van der Waals surface area contributed by atoms with Crippen molar-refractivity contribution in [3.05, 3.63) is 83.1 Å². The van der Waals surface area contributed by atoms with Crippen molar-refractivity contribution < 1.29 is 9.47 Å². The highest BCUT2D eigenvalue weighted by molar-refractivity contribution is 6.30. The van der Waals surface area contributed by atoms with Gasteiger partial charge in [-0.05, 0) is 36.4 Å². The van der Waals surface area contributed by atoms with Crippen LogP contribution in [0.4, 0.5) is 5.69 Å². The van der Waals surface area contributed by atoms with Crippen molar-refractivity contribution in [2.75, 3.05) is 12.4 Å². The Bertz CT molecular complexity index is 825. The Kier molecular flexibility index (Phi) is 5.75. The summed E-state index contributed by atoms with van der Waals surface area (Å²) in [4.78, 5) is 4.10. The number of hydrogen-bond donors (Lipinski definition) is 1. The lowest BCUT2D eigenvalue weighted by Crippen LogP contribution is -2.04. The summed E-state index contributed by atoms with van der Waals surface area (Å²) in [6, 6.07) is 17.3. The van der Waals surface area contributed by atoms with E-state index in [2.05, 4.69) is 10.3 Å². The lowest BCUT2D eigenvalue weighted by atomic mass is 10.2. The van der Waals surface area contributed by atoms with Gasteiger partial charge >= 0.3 is 0 Å². The molecule has 0 saturated heterocycles. The van der Waals surface area contributed by atoms with Crippen LogP contribution >= 0.6 is 11.6 Å². The molecule has 3 rings (SSSR count). The van der Waals surface area contributed by atoms with Gasteiger partial charge in [-0.25, -0.2) is 0 Å². The van der Waals surface area contributed by atoms with Crippen LogP contribution in [0.1, 0.15) is 11.1 Å². The first-order valence-electron chi connectivity index (χ1n) is 7.92.